The van der Waals surface area contributed by atoms with Crippen molar-refractivity contribution in [3.63, 3.8) is 0 Å². The van der Waals surface area contributed by atoms with Gasteiger partial charge in [0.05, 0.1) is 22.8 Å². The summed E-state index contributed by atoms with van der Waals surface area (Å²) in [6.45, 7) is 3.99. The predicted molar refractivity (Wildman–Crippen MR) is 160 cm³/mol. The van der Waals surface area contributed by atoms with Gasteiger partial charge >= 0.3 is 0 Å². The van der Waals surface area contributed by atoms with Crippen LogP contribution >= 0.6 is 23.2 Å². The van der Waals surface area contributed by atoms with Crippen LogP contribution in [0.4, 0.5) is 5.69 Å². The van der Waals surface area contributed by atoms with Crippen molar-refractivity contribution in [2.24, 2.45) is 7.05 Å². The minimum absolute atomic E-state index is 0.0590. The number of para-hydroxylation sites is 1. The highest BCUT2D eigenvalue weighted by molar-refractivity contribution is 6.38. The minimum atomic E-state index is -0.277. The molecule has 0 aliphatic carbocycles. The Hall–Kier alpha value is -4.13. The maximum atomic E-state index is 13.0. The van der Waals surface area contributed by atoms with Crippen LogP contribution in [0, 0.1) is 13.8 Å². The lowest BCUT2D eigenvalue weighted by molar-refractivity contribution is -0.115. The lowest BCUT2D eigenvalue weighted by Crippen LogP contribution is -2.18. The first kappa shape index (κ1) is 27.4. The Morgan fingerprint density at radius 3 is 2.48 bits per heavy atom. The monoisotopic (exact) mass is 571 g/mol. The van der Waals surface area contributed by atoms with Gasteiger partial charge in [0.1, 0.15) is 17.9 Å². The second-order valence-corrected chi connectivity index (χ2v) is 10.4. The topological polar surface area (TPSA) is 73.2 Å². The van der Waals surface area contributed by atoms with Crippen LogP contribution < -0.4 is 10.1 Å². The molecule has 5 rings (SSSR count). The number of ketones is 1. The van der Waals surface area contributed by atoms with E-state index in [4.69, 9.17) is 27.9 Å². The number of pyridine rings is 1. The number of nitrogens with zero attached hydrogens (tertiary/aromatic N) is 2. The third kappa shape index (κ3) is 5.74. The normalized spacial score (nSPS) is 11.0. The summed E-state index contributed by atoms with van der Waals surface area (Å²) in [5.41, 5.74) is 5.49. The third-order valence-corrected chi connectivity index (χ3v) is 7.55. The molecule has 1 amide bonds. The zero-order valence-corrected chi connectivity index (χ0v) is 23.8. The van der Waals surface area contributed by atoms with Crippen molar-refractivity contribution in [3.8, 4) is 5.75 Å². The molecule has 8 heteroatoms. The van der Waals surface area contributed by atoms with E-state index in [0.29, 0.717) is 44.0 Å². The summed E-state index contributed by atoms with van der Waals surface area (Å²) in [6.07, 6.45) is 0.0590. The maximum absolute atomic E-state index is 13.0. The van der Waals surface area contributed by atoms with Gasteiger partial charge in [-0.25, -0.2) is 4.98 Å². The van der Waals surface area contributed by atoms with E-state index in [0.717, 1.165) is 22.2 Å². The molecule has 6 nitrogen and oxygen atoms in total. The van der Waals surface area contributed by atoms with E-state index in [2.05, 4.69) is 10.3 Å². The molecule has 40 heavy (non-hydrogen) atoms. The Kier molecular flexibility index (Phi) is 7.92. The van der Waals surface area contributed by atoms with Crippen LogP contribution in [0.1, 0.15) is 38.6 Å². The van der Waals surface area contributed by atoms with Gasteiger partial charge in [0, 0.05) is 40.0 Å². The number of rotatable bonds is 8. The number of hydrogen-bond donors (Lipinski definition) is 1. The quantitative estimate of drug-likeness (QED) is 0.196. The SMILES string of the molecule is Cc1ccc(C(=O)c2ccc(CC(=O)Nc3ccc(Cl)c(COc4cccc5ccc(C)nc45)c3Cl)n2C)cc1. The first-order valence-electron chi connectivity index (χ1n) is 12.7. The number of nitrogens with one attached hydrogen (secondary N) is 1. The van der Waals surface area contributed by atoms with Gasteiger partial charge in [0.15, 0.2) is 0 Å². The summed E-state index contributed by atoms with van der Waals surface area (Å²) in [4.78, 5) is 30.6. The molecule has 0 atom stereocenters. The van der Waals surface area contributed by atoms with E-state index in [9.17, 15) is 9.59 Å². The molecule has 5 aromatic rings. The predicted octanol–water partition coefficient (Wildman–Crippen LogP) is 7.49. The second-order valence-electron chi connectivity index (χ2n) is 9.65. The van der Waals surface area contributed by atoms with Gasteiger partial charge in [-0.1, -0.05) is 71.2 Å². The molecule has 202 valence electrons. The van der Waals surface area contributed by atoms with E-state index in [-0.39, 0.29) is 24.7 Å². The number of fused-ring (bicyclic) bond motifs is 1. The highest BCUT2D eigenvalue weighted by Crippen LogP contribution is 2.34. The van der Waals surface area contributed by atoms with Crippen molar-refractivity contribution >= 4 is 51.5 Å². The standard InChI is InChI=1S/C32H27Cl2N3O3/c1-19-7-10-22(11-8-19)32(39)27-16-13-23(37(27)3)17-29(38)36-26-15-14-25(33)24(30(26)34)18-40-28-6-4-5-21-12-9-20(2)35-31(21)28/h4-16H,17-18H2,1-3H3,(H,36,38). The molecule has 0 fully saturated rings. The van der Waals surface area contributed by atoms with Gasteiger partial charge in [0.2, 0.25) is 11.7 Å². The minimum Gasteiger partial charge on any atom is -0.487 e. The Balaban J connectivity index is 1.30. The summed E-state index contributed by atoms with van der Waals surface area (Å²) in [7, 11) is 1.78. The molecule has 0 unspecified atom stereocenters. The lowest BCUT2D eigenvalue weighted by atomic mass is 10.1. The number of carbonyl (C=O) groups is 2. The number of halogens is 2. The van der Waals surface area contributed by atoms with Gasteiger partial charge in [-0.15, -0.1) is 0 Å². The molecule has 0 saturated heterocycles. The van der Waals surface area contributed by atoms with Gasteiger partial charge in [0.25, 0.3) is 0 Å². The molecule has 2 heterocycles. The van der Waals surface area contributed by atoms with E-state index in [1.807, 2.05) is 56.3 Å². The smallest absolute Gasteiger partial charge is 0.230 e. The van der Waals surface area contributed by atoms with E-state index < -0.39 is 0 Å². The van der Waals surface area contributed by atoms with Crippen molar-refractivity contribution in [1.29, 1.82) is 0 Å². The molecule has 2 aromatic heterocycles. The van der Waals surface area contributed by atoms with E-state index in [1.165, 1.54) is 0 Å². The number of ether oxygens (including phenoxy) is 1. The average molecular weight is 572 g/mol. The van der Waals surface area contributed by atoms with Crippen molar-refractivity contribution in [2.45, 2.75) is 26.9 Å². The Morgan fingerprint density at radius 1 is 0.925 bits per heavy atom. The van der Waals surface area contributed by atoms with Crippen molar-refractivity contribution in [3.05, 3.63) is 123 Å². The van der Waals surface area contributed by atoms with Crippen LogP contribution in [0.3, 0.4) is 0 Å². The molecule has 1 N–H and O–H groups in total. The number of aryl methyl sites for hydroxylation is 2. The van der Waals surface area contributed by atoms with E-state index >= 15 is 0 Å². The number of hydrogen-bond acceptors (Lipinski definition) is 4. The Bertz CT molecular complexity index is 1740. The third-order valence-electron chi connectivity index (χ3n) is 6.77. The fourth-order valence-electron chi connectivity index (χ4n) is 4.48. The van der Waals surface area contributed by atoms with Gasteiger partial charge in [-0.3, -0.25) is 9.59 Å². The number of aromatic nitrogens is 2. The number of anilines is 1. The number of amides is 1. The van der Waals surface area contributed by atoms with E-state index in [1.54, 1.807) is 48.0 Å². The lowest BCUT2D eigenvalue weighted by Gasteiger charge is -2.15. The largest absolute Gasteiger partial charge is 0.487 e. The van der Waals surface area contributed by atoms with Crippen LogP contribution in [0.15, 0.2) is 78.9 Å². The zero-order chi connectivity index (χ0) is 28.4. The molecule has 3 aromatic carbocycles. The van der Waals surface area contributed by atoms with Crippen molar-refractivity contribution < 1.29 is 14.3 Å². The van der Waals surface area contributed by atoms with Crippen LogP contribution in [-0.2, 0) is 24.9 Å². The Morgan fingerprint density at radius 2 is 1.70 bits per heavy atom. The zero-order valence-electron chi connectivity index (χ0n) is 22.3. The first-order chi connectivity index (χ1) is 19.2. The molecular weight excluding hydrogens is 545 g/mol. The molecule has 0 aliphatic heterocycles. The van der Waals surface area contributed by atoms with Crippen molar-refractivity contribution in [1.82, 2.24) is 9.55 Å². The van der Waals surface area contributed by atoms with Crippen LogP contribution in [0.25, 0.3) is 10.9 Å². The highest BCUT2D eigenvalue weighted by Gasteiger charge is 2.18. The van der Waals surface area contributed by atoms with Crippen LogP contribution in [0.2, 0.25) is 10.0 Å². The fourth-order valence-corrected chi connectivity index (χ4v) is 5.01. The fraction of sp³-hybridized carbons (Fsp3) is 0.156. The summed E-state index contributed by atoms with van der Waals surface area (Å²) in [5, 5.41) is 4.56. The first-order valence-corrected chi connectivity index (χ1v) is 13.5. The molecule has 0 saturated carbocycles. The Labute approximate surface area is 242 Å². The number of benzene rings is 3. The molecule has 0 radical (unpaired) electrons. The van der Waals surface area contributed by atoms with Crippen LogP contribution in [-0.4, -0.2) is 21.2 Å². The summed E-state index contributed by atoms with van der Waals surface area (Å²) < 4.78 is 7.82. The number of carbonyl (C=O) groups excluding carboxylic acids is 2. The van der Waals surface area contributed by atoms with Gasteiger partial charge < -0.3 is 14.6 Å². The highest BCUT2D eigenvalue weighted by atomic mass is 35.5. The molecular formula is C32H27Cl2N3O3. The maximum Gasteiger partial charge on any atom is 0.230 e. The van der Waals surface area contributed by atoms with Crippen LogP contribution in [0.5, 0.6) is 5.75 Å². The van der Waals surface area contributed by atoms with Gasteiger partial charge in [-0.2, -0.15) is 0 Å². The van der Waals surface area contributed by atoms with Gasteiger partial charge in [-0.05, 0) is 50.2 Å². The summed E-state index contributed by atoms with van der Waals surface area (Å²) in [5.74, 6) is 0.235. The van der Waals surface area contributed by atoms with Crippen molar-refractivity contribution in [2.75, 3.05) is 5.32 Å². The molecule has 0 aliphatic rings. The molecule has 0 spiro atoms. The summed E-state index contributed by atoms with van der Waals surface area (Å²) >= 11 is 13.1. The second kappa shape index (κ2) is 11.5. The summed E-state index contributed by atoms with van der Waals surface area (Å²) in [6, 6.07) is 23.9. The average Bonchev–Trinajstić information content (AvgIpc) is 3.29. The molecule has 0 bridgehead atoms.